The predicted molar refractivity (Wildman–Crippen MR) is 62.4 cm³/mol. The van der Waals surface area contributed by atoms with E-state index in [1.807, 2.05) is 0 Å². The number of carbonyl (C=O) groups excluding carboxylic acids is 1. The Balaban J connectivity index is 2.53. The number of nitrogens with zero attached hydrogens (tertiary/aromatic N) is 1. The Morgan fingerprint density at radius 1 is 1.10 bits per heavy atom. The molecule has 2 aromatic rings. The van der Waals surface area contributed by atoms with E-state index in [0.29, 0.717) is 12.1 Å². The second kappa shape index (κ2) is 4.84. The molecule has 0 saturated heterocycles. The van der Waals surface area contributed by atoms with Crippen molar-refractivity contribution < 1.29 is 28.2 Å². The van der Waals surface area contributed by atoms with E-state index in [-0.39, 0.29) is 0 Å². The molecule has 7 heteroatoms. The quantitative estimate of drug-likeness (QED) is 0.831. The van der Waals surface area contributed by atoms with Crippen molar-refractivity contribution in [3.05, 3.63) is 53.3 Å². The van der Waals surface area contributed by atoms with Crippen molar-refractivity contribution in [1.29, 1.82) is 0 Å². The molecule has 4 nitrogen and oxygen atoms in total. The molecule has 0 spiro atoms. The number of phenolic OH excluding ortho intramolecular Hbond substituents is 1. The molecule has 0 atom stereocenters. The number of rotatable bonds is 2. The average Bonchev–Trinajstić information content (AvgIpc) is 2.37. The lowest BCUT2D eigenvalue weighted by Crippen LogP contribution is -2.09. The monoisotopic (exact) mass is 283 g/mol. The van der Waals surface area contributed by atoms with E-state index >= 15 is 0 Å². The van der Waals surface area contributed by atoms with E-state index in [9.17, 15) is 28.2 Å². The molecule has 2 N–H and O–H groups in total. The molecule has 1 heterocycles. The van der Waals surface area contributed by atoms with Gasteiger partial charge in [0.2, 0.25) is 5.78 Å². The SMILES string of the molecule is O=C(c1cc(C(F)(F)F)ccc1O)c1ncccc1O. The highest BCUT2D eigenvalue weighted by Crippen LogP contribution is 2.33. The first-order valence-corrected chi connectivity index (χ1v) is 5.39. The summed E-state index contributed by atoms with van der Waals surface area (Å²) in [5.74, 6) is -2.09. The molecule has 0 unspecified atom stereocenters. The number of phenols is 1. The van der Waals surface area contributed by atoms with Crippen molar-refractivity contribution in [3.63, 3.8) is 0 Å². The topological polar surface area (TPSA) is 70.4 Å². The van der Waals surface area contributed by atoms with Gasteiger partial charge in [-0.05, 0) is 30.3 Å². The number of alkyl halides is 3. The first-order chi connectivity index (χ1) is 9.30. The highest BCUT2D eigenvalue weighted by molar-refractivity contribution is 6.11. The van der Waals surface area contributed by atoms with Gasteiger partial charge in [0.25, 0.3) is 0 Å². The summed E-state index contributed by atoms with van der Waals surface area (Å²) in [6.07, 6.45) is -3.44. The minimum absolute atomic E-state index is 0.429. The standard InChI is InChI=1S/C13H8F3NO3/c14-13(15,16)7-3-4-9(18)8(6-7)12(20)11-10(19)2-1-5-17-11/h1-6,18-19H. The number of hydrogen-bond acceptors (Lipinski definition) is 4. The largest absolute Gasteiger partial charge is 0.507 e. The van der Waals surface area contributed by atoms with Gasteiger partial charge < -0.3 is 10.2 Å². The van der Waals surface area contributed by atoms with Gasteiger partial charge in [-0.3, -0.25) is 4.79 Å². The maximum atomic E-state index is 12.6. The van der Waals surface area contributed by atoms with Crippen LogP contribution < -0.4 is 0 Å². The van der Waals surface area contributed by atoms with Gasteiger partial charge in [-0.25, -0.2) is 4.98 Å². The number of aromatic nitrogens is 1. The van der Waals surface area contributed by atoms with E-state index in [2.05, 4.69) is 4.98 Å². The highest BCUT2D eigenvalue weighted by Gasteiger charge is 2.32. The first kappa shape index (κ1) is 13.9. The number of ketones is 1. The van der Waals surface area contributed by atoms with Crippen molar-refractivity contribution >= 4 is 5.78 Å². The van der Waals surface area contributed by atoms with Gasteiger partial charge in [-0.2, -0.15) is 13.2 Å². The van der Waals surface area contributed by atoms with E-state index in [1.54, 1.807) is 0 Å². The maximum Gasteiger partial charge on any atom is 0.416 e. The van der Waals surface area contributed by atoms with Crippen LogP contribution in [0.15, 0.2) is 36.5 Å². The number of benzene rings is 1. The number of aromatic hydroxyl groups is 2. The Bertz CT molecular complexity index is 668. The van der Waals surface area contributed by atoms with E-state index in [1.165, 1.54) is 18.3 Å². The van der Waals surface area contributed by atoms with Crippen LogP contribution in [0.2, 0.25) is 0 Å². The molecule has 0 aliphatic heterocycles. The zero-order chi connectivity index (χ0) is 14.9. The summed E-state index contributed by atoms with van der Waals surface area (Å²) >= 11 is 0. The lowest BCUT2D eigenvalue weighted by Gasteiger charge is -2.10. The predicted octanol–water partition coefficient (Wildman–Crippen LogP) is 2.74. The summed E-state index contributed by atoms with van der Waals surface area (Å²) in [5, 5.41) is 19.0. The average molecular weight is 283 g/mol. The Hall–Kier alpha value is -2.57. The Morgan fingerprint density at radius 3 is 2.40 bits per heavy atom. The van der Waals surface area contributed by atoms with Gasteiger partial charge in [-0.15, -0.1) is 0 Å². The maximum absolute atomic E-state index is 12.6. The third kappa shape index (κ3) is 2.56. The Kier molecular flexibility index (Phi) is 3.35. The summed E-state index contributed by atoms with van der Waals surface area (Å²) in [5.41, 5.74) is -2.08. The number of hydrogen-bond donors (Lipinski definition) is 2. The zero-order valence-corrected chi connectivity index (χ0v) is 9.85. The van der Waals surface area contributed by atoms with Crippen LogP contribution in [0.3, 0.4) is 0 Å². The third-order valence-corrected chi connectivity index (χ3v) is 2.57. The summed E-state index contributed by atoms with van der Waals surface area (Å²) in [7, 11) is 0. The summed E-state index contributed by atoms with van der Waals surface area (Å²) in [6.45, 7) is 0. The van der Waals surface area contributed by atoms with Crippen molar-refractivity contribution in [2.75, 3.05) is 0 Å². The minimum Gasteiger partial charge on any atom is -0.507 e. The van der Waals surface area contributed by atoms with Gasteiger partial charge in [0, 0.05) is 6.20 Å². The van der Waals surface area contributed by atoms with Crippen LogP contribution in [0.1, 0.15) is 21.6 Å². The smallest absolute Gasteiger partial charge is 0.416 e. The molecule has 0 aliphatic rings. The summed E-state index contributed by atoms with van der Waals surface area (Å²) < 4.78 is 37.8. The normalized spacial score (nSPS) is 11.3. The van der Waals surface area contributed by atoms with Gasteiger partial charge in [0.05, 0.1) is 11.1 Å². The number of pyridine rings is 1. The Labute approximate surface area is 111 Å². The molecule has 104 valence electrons. The third-order valence-electron chi connectivity index (χ3n) is 2.57. The second-order valence-electron chi connectivity index (χ2n) is 3.93. The van der Waals surface area contributed by atoms with Gasteiger partial charge in [0.15, 0.2) is 5.69 Å². The summed E-state index contributed by atoms with van der Waals surface area (Å²) in [6, 6.07) is 4.48. The second-order valence-corrected chi connectivity index (χ2v) is 3.93. The Morgan fingerprint density at radius 2 is 1.80 bits per heavy atom. The van der Waals surface area contributed by atoms with Crippen molar-refractivity contribution in [3.8, 4) is 11.5 Å². The van der Waals surface area contributed by atoms with Crippen LogP contribution >= 0.6 is 0 Å². The molecular formula is C13H8F3NO3. The van der Waals surface area contributed by atoms with Crippen LogP contribution in [-0.4, -0.2) is 21.0 Å². The molecule has 0 saturated carbocycles. The molecule has 1 aromatic carbocycles. The number of halogens is 3. The molecule has 0 radical (unpaired) electrons. The van der Waals surface area contributed by atoms with Crippen molar-refractivity contribution in [2.24, 2.45) is 0 Å². The van der Waals surface area contributed by atoms with Crippen LogP contribution in [0.4, 0.5) is 13.2 Å². The minimum atomic E-state index is -4.64. The molecule has 0 fully saturated rings. The molecule has 0 amide bonds. The molecular weight excluding hydrogens is 275 g/mol. The van der Waals surface area contributed by atoms with Gasteiger partial charge >= 0.3 is 6.18 Å². The lowest BCUT2D eigenvalue weighted by atomic mass is 10.0. The van der Waals surface area contributed by atoms with E-state index in [4.69, 9.17) is 0 Å². The fraction of sp³-hybridized carbons (Fsp3) is 0.0769. The first-order valence-electron chi connectivity index (χ1n) is 5.39. The van der Waals surface area contributed by atoms with Crippen LogP contribution in [0, 0.1) is 0 Å². The fourth-order valence-corrected chi connectivity index (χ4v) is 1.59. The fourth-order valence-electron chi connectivity index (χ4n) is 1.59. The van der Waals surface area contributed by atoms with E-state index < -0.39 is 40.3 Å². The van der Waals surface area contributed by atoms with Gasteiger partial charge in [-0.1, -0.05) is 0 Å². The van der Waals surface area contributed by atoms with Crippen molar-refractivity contribution in [2.45, 2.75) is 6.18 Å². The van der Waals surface area contributed by atoms with E-state index in [0.717, 1.165) is 6.07 Å². The van der Waals surface area contributed by atoms with Crippen LogP contribution in [0.5, 0.6) is 11.5 Å². The highest BCUT2D eigenvalue weighted by atomic mass is 19.4. The molecule has 0 aliphatic carbocycles. The molecule has 1 aromatic heterocycles. The van der Waals surface area contributed by atoms with Crippen LogP contribution in [0.25, 0.3) is 0 Å². The molecule has 2 rings (SSSR count). The van der Waals surface area contributed by atoms with Crippen LogP contribution in [-0.2, 0) is 6.18 Å². The number of carbonyl (C=O) groups is 1. The van der Waals surface area contributed by atoms with Gasteiger partial charge in [0.1, 0.15) is 11.5 Å². The van der Waals surface area contributed by atoms with Crippen molar-refractivity contribution in [1.82, 2.24) is 4.98 Å². The summed E-state index contributed by atoms with van der Waals surface area (Å²) in [4.78, 5) is 15.6. The zero-order valence-electron chi connectivity index (χ0n) is 9.85. The lowest BCUT2D eigenvalue weighted by molar-refractivity contribution is -0.137. The molecule has 0 bridgehead atoms. The molecule has 20 heavy (non-hydrogen) atoms.